The number of fused-ring (bicyclic) bond motifs is 1. The summed E-state index contributed by atoms with van der Waals surface area (Å²) in [5, 5.41) is 2.90. The number of rotatable bonds is 7. The van der Waals surface area contributed by atoms with Crippen LogP contribution in [0, 0.1) is 0 Å². The fourth-order valence-corrected chi connectivity index (χ4v) is 3.31. The van der Waals surface area contributed by atoms with Gasteiger partial charge in [-0.05, 0) is 45.0 Å². The summed E-state index contributed by atoms with van der Waals surface area (Å²) in [6.07, 6.45) is 0. The first-order valence-electron chi connectivity index (χ1n) is 9.69. The van der Waals surface area contributed by atoms with Crippen LogP contribution in [0.25, 0.3) is 11.0 Å². The molecule has 0 spiro atoms. The normalized spacial score (nSPS) is 11.8. The second-order valence-electron chi connectivity index (χ2n) is 6.99. The van der Waals surface area contributed by atoms with Crippen molar-refractivity contribution in [2.45, 2.75) is 33.4 Å². The number of anilines is 1. The molecule has 0 radical (unpaired) electrons. The number of nitrogens with one attached hydrogen (secondary N) is 1. The van der Waals surface area contributed by atoms with E-state index in [0.717, 1.165) is 16.7 Å². The summed E-state index contributed by atoms with van der Waals surface area (Å²) in [6, 6.07) is 16.9. The van der Waals surface area contributed by atoms with Crippen LogP contribution in [-0.4, -0.2) is 27.9 Å². The molecule has 1 heterocycles. The van der Waals surface area contributed by atoms with Gasteiger partial charge in [-0.15, -0.1) is 0 Å². The van der Waals surface area contributed by atoms with Crippen LogP contribution in [0.5, 0.6) is 0 Å². The maximum atomic E-state index is 13.2. The summed E-state index contributed by atoms with van der Waals surface area (Å²) in [5.74, 6) is 0.363. The SMILES string of the molecule is C=C(C)C(=O)NC(C)c1nc2ccccc2n1CC(=O)N(CC)c1ccccc1. The summed E-state index contributed by atoms with van der Waals surface area (Å²) in [6.45, 7) is 9.85. The number of benzene rings is 2. The topological polar surface area (TPSA) is 67.2 Å². The second kappa shape index (κ2) is 8.73. The van der Waals surface area contributed by atoms with Crippen LogP contribution in [0.1, 0.15) is 32.6 Å². The standard InChI is InChI=1S/C23H26N4O2/c1-5-26(18-11-7-6-8-12-18)21(28)15-27-20-14-10-9-13-19(20)25-22(27)17(4)24-23(29)16(2)3/h6-14,17H,2,5,15H2,1,3-4H3,(H,24,29). The lowest BCUT2D eigenvalue weighted by molar-refractivity contribution is -0.119. The van der Waals surface area contributed by atoms with Gasteiger partial charge < -0.3 is 14.8 Å². The summed E-state index contributed by atoms with van der Waals surface area (Å²) in [5.41, 5.74) is 2.93. The highest BCUT2D eigenvalue weighted by Gasteiger charge is 2.22. The fraction of sp³-hybridized carbons (Fsp3) is 0.261. The van der Waals surface area contributed by atoms with E-state index in [4.69, 9.17) is 0 Å². The molecule has 29 heavy (non-hydrogen) atoms. The smallest absolute Gasteiger partial charge is 0.246 e. The average Bonchev–Trinajstić information content (AvgIpc) is 3.08. The summed E-state index contributed by atoms with van der Waals surface area (Å²) in [7, 11) is 0. The van der Waals surface area contributed by atoms with E-state index in [-0.39, 0.29) is 24.4 Å². The number of likely N-dealkylation sites (N-methyl/N-ethyl adjacent to an activating group) is 1. The van der Waals surface area contributed by atoms with E-state index >= 15 is 0 Å². The second-order valence-corrected chi connectivity index (χ2v) is 6.99. The molecule has 2 amide bonds. The van der Waals surface area contributed by atoms with E-state index in [1.807, 2.05) is 73.0 Å². The summed E-state index contributed by atoms with van der Waals surface area (Å²) < 4.78 is 1.88. The molecule has 1 unspecified atom stereocenters. The fourth-order valence-electron chi connectivity index (χ4n) is 3.31. The number of carbonyl (C=O) groups is 2. The molecule has 1 N–H and O–H groups in total. The zero-order chi connectivity index (χ0) is 21.0. The Bertz CT molecular complexity index is 1040. The van der Waals surface area contributed by atoms with Crippen molar-refractivity contribution in [2.24, 2.45) is 0 Å². The molecule has 0 aliphatic rings. The van der Waals surface area contributed by atoms with Gasteiger partial charge in [-0.2, -0.15) is 0 Å². The van der Waals surface area contributed by atoms with Crippen molar-refractivity contribution in [1.82, 2.24) is 14.9 Å². The Labute approximate surface area is 170 Å². The number of imidazole rings is 1. The first kappa shape index (κ1) is 20.3. The van der Waals surface area contributed by atoms with Gasteiger partial charge in [0.05, 0.1) is 17.1 Å². The van der Waals surface area contributed by atoms with Crippen LogP contribution >= 0.6 is 0 Å². The Hall–Kier alpha value is -3.41. The van der Waals surface area contributed by atoms with E-state index in [1.54, 1.807) is 11.8 Å². The number of carbonyl (C=O) groups excluding carboxylic acids is 2. The van der Waals surface area contributed by atoms with Gasteiger partial charge in [0.1, 0.15) is 12.4 Å². The maximum absolute atomic E-state index is 13.2. The molecular weight excluding hydrogens is 364 g/mol. The van der Waals surface area contributed by atoms with Gasteiger partial charge in [0.15, 0.2) is 0 Å². The van der Waals surface area contributed by atoms with E-state index in [9.17, 15) is 9.59 Å². The monoisotopic (exact) mass is 390 g/mol. The zero-order valence-electron chi connectivity index (χ0n) is 17.1. The number of hydrogen-bond donors (Lipinski definition) is 1. The predicted octanol–water partition coefficient (Wildman–Crippen LogP) is 3.84. The van der Waals surface area contributed by atoms with Gasteiger partial charge in [-0.3, -0.25) is 9.59 Å². The molecule has 6 nitrogen and oxygen atoms in total. The molecule has 0 saturated heterocycles. The Morgan fingerprint density at radius 1 is 1.14 bits per heavy atom. The van der Waals surface area contributed by atoms with Crippen molar-refractivity contribution in [3.05, 3.63) is 72.6 Å². The Balaban J connectivity index is 1.96. The minimum Gasteiger partial charge on any atom is -0.343 e. The van der Waals surface area contributed by atoms with Crippen LogP contribution < -0.4 is 10.2 Å². The van der Waals surface area contributed by atoms with Crippen molar-refractivity contribution in [2.75, 3.05) is 11.4 Å². The highest BCUT2D eigenvalue weighted by Crippen LogP contribution is 2.22. The highest BCUT2D eigenvalue weighted by molar-refractivity contribution is 5.94. The molecule has 1 atom stereocenters. The first-order valence-corrected chi connectivity index (χ1v) is 9.69. The molecular formula is C23H26N4O2. The van der Waals surface area contributed by atoms with Gasteiger partial charge in [0.25, 0.3) is 0 Å². The van der Waals surface area contributed by atoms with Crippen molar-refractivity contribution >= 4 is 28.5 Å². The Morgan fingerprint density at radius 2 is 1.79 bits per heavy atom. The molecule has 0 bridgehead atoms. The van der Waals surface area contributed by atoms with Gasteiger partial charge in [0.2, 0.25) is 11.8 Å². The quantitative estimate of drug-likeness (QED) is 0.623. The van der Waals surface area contributed by atoms with Crippen molar-refractivity contribution in [1.29, 1.82) is 0 Å². The number of nitrogens with zero attached hydrogens (tertiary/aromatic N) is 3. The molecule has 2 aromatic carbocycles. The molecule has 3 rings (SSSR count). The number of amides is 2. The van der Waals surface area contributed by atoms with Crippen LogP contribution in [0.2, 0.25) is 0 Å². The number of aromatic nitrogens is 2. The summed E-state index contributed by atoms with van der Waals surface area (Å²) in [4.78, 5) is 31.7. The number of hydrogen-bond acceptors (Lipinski definition) is 3. The Kier molecular flexibility index (Phi) is 6.12. The largest absolute Gasteiger partial charge is 0.343 e. The van der Waals surface area contributed by atoms with E-state index in [0.29, 0.717) is 17.9 Å². The van der Waals surface area contributed by atoms with Gasteiger partial charge in [-0.25, -0.2) is 4.98 Å². The third kappa shape index (κ3) is 4.37. The number of para-hydroxylation sites is 3. The molecule has 6 heteroatoms. The predicted molar refractivity (Wildman–Crippen MR) is 116 cm³/mol. The third-order valence-electron chi connectivity index (χ3n) is 4.79. The average molecular weight is 390 g/mol. The van der Waals surface area contributed by atoms with Crippen molar-refractivity contribution in [3.63, 3.8) is 0 Å². The lowest BCUT2D eigenvalue weighted by Gasteiger charge is -2.23. The molecule has 150 valence electrons. The van der Waals surface area contributed by atoms with E-state index in [1.165, 1.54) is 0 Å². The van der Waals surface area contributed by atoms with Crippen molar-refractivity contribution < 1.29 is 9.59 Å². The van der Waals surface area contributed by atoms with Crippen LogP contribution in [0.4, 0.5) is 5.69 Å². The van der Waals surface area contributed by atoms with E-state index < -0.39 is 0 Å². The molecule has 0 saturated carbocycles. The highest BCUT2D eigenvalue weighted by atomic mass is 16.2. The third-order valence-corrected chi connectivity index (χ3v) is 4.79. The minimum atomic E-state index is -0.369. The lowest BCUT2D eigenvalue weighted by atomic mass is 10.2. The molecule has 0 aliphatic heterocycles. The lowest BCUT2D eigenvalue weighted by Crippen LogP contribution is -2.35. The van der Waals surface area contributed by atoms with Crippen LogP contribution in [0.15, 0.2) is 66.7 Å². The summed E-state index contributed by atoms with van der Waals surface area (Å²) >= 11 is 0. The van der Waals surface area contributed by atoms with Gasteiger partial charge >= 0.3 is 0 Å². The molecule has 0 fully saturated rings. The zero-order valence-corrected chi connectivity index (χ0v) is 17.1. The molecule has 1 aromatic heterocycles. The van der Waals surface area contributed by atoms with Gasteiger partial charge in [-0.1, -0.05) is 36.9 Å². The van der Waals surface area contributed by atoms with Gasteiger partial charge in [0, 0.05) is 17.8 Å². The first-order chi connectivity index (χ1) is 13.9. The van der Waals surface area contributed by atoms with E-state index in [2.05, 4.69) is 16.9 Å². The molecule has 3 aromatic rings. The molecule has 0 aliphatic carbocycles. The maximum Gasteiger partial charge on any atom is 0.246 e. The van der Waals surface area contributed by atoms with Crippen molar-refractivity contribution in [3.8, 4) is 0 Å². The van der Waals surface area contributed by atoms with Crippen LogP contribution in [-0.2, 0) is 16.1 Å². The Morgan fingerprint density at radius 3 is 2.45 bits per heavy atom. The minimum absolute atomic E-state index is 0.0402. The van der Waals surface area contributed by atoms with Crippen LogP contribution in [0.3, 0.4) is 0 Å².